The maximum atomic E-state index is 11.6. The lowest BCUT2D eigenvalue weighted by Gasteiger charge is -2.11. The fourth-order valence-electron chi connectivity index (χ4n) is 1.46. The maximum absolute atomic E-state index is 11.6. The van der Waals surface area contributed by atoms with Crippen molar-refractivity contribution < 1.29 is 19.5 Å². The van der Waals surface area contributed by atoms with Crippen molar-refractivity contribution in [2.75, 3.05) is 0 Å². The lowest BCUT2D eigenvalue weighted by molar-refractivity contribution is -0.141. The zero-order valence-electron chi connectivity index (χ0n) is 11.0. The quantitative estimate of drug-likeness (QED) is 0.649. The molecule has 0 bridgehead atoms. The molecule has 2 amide bonds. The summed E-state index contributed by atoms with van der Waals surface area (Å²) in [5, 5.41) is 11.3. The molecule has 1 rings (SSSR count). The number of nitrogens with one attached hydrogen (secondary N) is 1. The molecule has 0 saturated carbocycles. The Morgan fingerprint density at radius 3 is 2.65 bits per heavy atom. The largest absolute Gasteiger partial charge is 0.480 e. The third kappa shape index (κ3) is 5.66. The smallest absolute Gasteiger partial charge is 0.326 e. The van der Waals surface area contributed by atoms with Gasteiger partial charge < -0.3 is 16.2 Å². The second-order valence-corrected chi connectivity index (χ2v) is 5.51. The predicted molar refractivity (Wildman–Crippen MR) is 76.1 cm³/mol. The van der Waals surface area contributed by atoms with Crippen molar-refractivity contribution in [3.8, 4) is 0 Å². The second-order valence-electron chi connectivity index (χ2n) is 4.19. The van der Waals surface area contributed by atoms with E-state index in [1.807, 2.05) is 19.1 Å². The molecule has 0 spiro atoms. The van der Waals surface area contributed by atoms with Crippen molar-refractivity contribution in [2.24, 2.45) is 5.73 Å². The molecule has 1 aromatic heterocycles. The molecule has 1 atom stereocenters. The zero-order valence-corrected chi connectivity index (χ0v) is 11.8. The van der Waals surface area contributed by atoms with Crippen LogP contribution in [0, 0.1) is 6.92 Å². The summed E-state index contributed by atoms with van der Waals surface area (Å²) in [5.74, 6) is -2.32. The van der Waals surface area contributed by atoms with Gasteiger partial charge in [-0.25, -0.2) is 4.79 Å². The number of hydrogen-bond donors (Lipinski definition) is 3. The van der Waals surface area contributed by atoms with Crippen LogP contribution in [0.5, 0.6) is 0 Å². The summed E-state index contributed by atoms with van der Waals surface area (Å²) in [5.41, 5.74) is 4.95. The van der Waals surface area contributed by atoms with Gasteiger partial charge in [-0.1, -0.05) is 0 Å². The third-order valence-corrected chi connectivity index (χ3v) is 3.42. The number of amides is 2. The lowest BCUT2D eigenvalue weighted by Crippen LogP contribution is -2.40. The molecular formula is C13H16N2O4S. The van der Waals surface area contributed by atoms with Gasteiger partial charge in [-0.3, -0.25) is 9.59 Å². The Kier molecular flexibility index (Phi) is 5.92. The molecule has 1 aromatic rings. The Morgan fingerprint density at radius 1 is 1.45 bits per heavy atom. The molecule has 20 heavy (non-hydrogen) atoms. The Bertz CT molecular complexity index is 536. The Morgan fingerprint density at radius 2 is 2.15 bits per heavy atom. The van der Waals surface area contributed by atoms with Gasteiger partial charge in [-0.2, -0.15) is 0 Å². The van der Waals surface area contributed by atoms with E-state index in [9.17, 15) is 14.4 Å². The van der Waals surface area contributed by atoms with Crippen LogP contribution in [0.25, 0.3) is 6.08 Å². The number of rotatable bonds is 7. The van der Waals surface area contributed by atoms with Crippen LogP contribution >= 0.6 is 11.3 Å². The van der Waals surface area contributed by atoms with Crippen LogP contribution in [0.4, 0.5) is 0 Å². The van der Waals surface area contributed by atoms with Crippen molar-refractivity contribution in [2.45, 2.75) is 25.8 Å². The predicted octanol–water partition coefficient (Wildman–Crippen LogP) is 0.905. The summed E-state index contributed by atoms with van der Waals surface area (Å²) in [6.07, 6.45) is 2.76. The Hall–Kier alpha value is -2.15. The summed E-state index contributed by atoms with van der Waals surface area (Å²) < 4.78 is 0. The minimum Gasteiger partial charge on any atom is -0.480 e. The van der Waals surface area contributed by atoms with E-state index in [1.54, 1.807) is 6.08 Å². The van der Waals surface area contributed by atoms with Gasteiger partial charge in [-0.15, -0.1) is 11.3 Å². The molecule has 0 aliphatic carbocycles. The zero-order chi connectivity index (χ0) is 15.1. The number of hydrogen-bond acceptors (Lipinski definition) is 4. The lowest BCUT2D eigenvalue weighted by atomic mass is 10.1. The van der Waals surface area contributed by atoms with Gasteiger partial charge in [0.25, 0.3) is 0 Å². The van der Waals surface area contributed by atoms with Crippen LogP contribution in [0.1, 0.15) is 22.6 Å². The molecule has 0 fully saturated rings. The van der Waals surface area contributed by atoms with E-state index < -0.39 is 23.8 Å². The molecule has 6 nitrogen and oxygen atoms in total. The summed E-state index contributed by atoms with van der Waals surface area (Å²) in [6, 6.07) is 2.67. The molecule has 0 unspecified atom stereocenters. The Balaban J connectivity index is 2.55. The molecule has 7 heteroatoms. The number of primary amides is 1. The number of carboxylic acid groups (broad SMARTS) is 1. The average molecular weight is 296 g/mol. The van der Waals surface area contributed by atoms with E-state index in [-0.39, 0.29) is 12.8 Å². The molecular weight excluding hydrogens is 280 g/mol. The highest BCUT2D eigenvalue weighted by Gasteiger charge is 2.19. The van der Waals surface area contributed by atoms with E-state index in [1.165, 1.54) is 17.4 Å². The highest BCUT2D eigenvalue weighted by atomic mass is 32.1. The van der Waals surface area contributed by atoms with E-state index in [0.717, 1.165) is 9.75 Å². The summed E-state index contributed by atoms with van der Waals surface area (Å²) in [6.45, 7) is 1.95. The molecule has 0 saturated heterocycles. The number of thiophene rings is 1. The minimum atomic E-state index is -1.19. The van der Waals surface area contributed by atoms with E-state index in [2.05, 4.69) is 5.32 Å². The van der Waals surface area contributed by atoms with Crippen molar-refractivity contribution >= 4 is 35.2 Å². The van der Waals surface area contributed by atoms with Gasteiger partial charge in [0.15, 0.2) is 0 Å². The van der Waals surface area contributed by atoms with E-state index in [4.69, 9.17) is 10.8 Å². The van der Waals surface area contributed by atoms with Gasteiger partial charge >= 0.3 is 5.97 Å². The number of carbonyl (C=O) groups is 3. The normalized spacial score (nSPS) is 12.2. The van der Waals surface area contributed by atoms with Crippen LogP contribution in [-0.2, 0) is 14.4 Å². The first kappa shape index (κ1) is 15.9. The SMILES string of the molecule is Cc1ccc(/C=C/C(=O)N[C@@H](CCC(N)=O)C(=O)O)s1. The fourth-order valence-corrected chi connectivity index (χ4v) is 2.24. The third-order valence-electron chi connectivity index (χ3n) is 2.45. The van der Waals surface area contributed by atoms with Crippen LogP contribution in [0.3, 0.4) is 0 Å². The van der Waals surface area contributed by atoms with Crippen molar-refractivity contribution in [1.29, 1.82) is 0 Å². The van der Waals surface area contributed by atoms with Gasteiger partial charge in [0.1, 0.15) is 6.04 Å². The standard InChI is InChI=1S/C13H16N2O4S/c1-8-2-3-9(20-8)4-7-12(17)15-10(13(18)19)5-6-11(14)16/h2-4,7,10H,5-6H2,1H3,(H2,14,16)(H,15,17)(H,18,19)/b7-4+/t10-/m0/s1. The summed E-state index contributed by atoms with van der Waals surface area (Å²) >= 11 is 1.52. The monoisotopic (exact) mass is 296 g/mol. The highest BCUT2D eigenvalue weighted by molar-refractivity contribution is 7.12. The number of nitrogens with two attached hydrogens (primary N) is 1. The van der Waals surface area contributed by atoms with Crippen LogP contribution < -0.4 is 11.1 Å². The first-order chi connectivity index (χ1) is 9.38. The number of aryl methyl sites for hydroxylation is 1. The maximum Gasteiger partial charge on any atom is 0.326 e. The van der Waals surface area contributed by atoms with Gasteiger partial charge in [0, 0.05) is 22.3 Å². The molecule has 1 heterocycles. The van der Waals surface area contributed by atoms with Crippen LogP contribution in [0.2, 0.25) is 0 Å². The van der Waals surface area contributed by atoms with Crippen molar-refractivity contribution in [1.82, 2.24) is 5.32 Å². The average Bonchev–Trinajstić information content (AvgIpc) is 2.77. The van der Waals surface area contributed by atoms with Crippen LogP contribution in [0.15, 0.2) is 18.2 Å². The van der Waals surface area contributed by atoms with Crippen molar-refractivity contribution in [3.63, 3.8) is 0 Å². The minimum absolute atomic E-state index is 0.0254. The second kappa shape index (κ2) is 7.44. The molecule has 108 valence electrons. The fraction of sp³-hybridized carbons (Fsp3) is 0.308. The number of carbonyl (C=O) groups excluding carboxylic acids is 2. The van der Waals surface area contributed by atoms with E-state index in [0.29, 0.717) is 0 Å². The van der Waals surface area contributed by atoms with Gasteiger partial charge in [-0.05, 0) is 31.6 Å². The number of aliphatic carboxylic acids is 1. The van der Waals surface area contributed by atoms with Gasteiger partial charge in [0.2, 0.25) is 11.8 Å². The molecule has 4 N–H and O–H groups in total. The Labute approximate surface area is 120 Å². The highest BCUT2D eigenvalue weighted by Crippen LogP contribution is 2.16. The number of carboxylic acids is 1. The molecule has 0 aromatic carbocycles. The first-order valence-electron chi connectivity index (χ1n) is 5.94. The molecule has 0 aliphatic rings. The van der Waals surface area contributed by atoms with E-state index >= 15 is 0 Å². The van der Waals surface area contributed by atoms with Crippen molar-refractivity contribution in [3.05, 3.63) is 28.0 Å². The topological polar surface area (TPSA) is 109 Å². The first-order valence-corrected chi connectivity index (χ1v) is 6.76. The summed E-state index contributed by atoms with van der Waals surface area (Å²) in [7, 11) is 0. The van der Waals surface area contributed by atoms with Crippen LogP contribution in [-0.4, -0.2) is 28.9 Å². The molecule has 0 aliphatic heterocycles. The summed E-state index contributed by atoms with van der Waals surface area (Å²) in [4.78, 5) is 35.2. The molecule has 0 radical (unpaired) electrons. The van der Waals surface area contributed by atoms with Gasteiger partial charge in [0.05, 0.1) is 0 Å².